The summed E-state index contributed by atoms with van der Waals surface area (Å²) in [5, 5.41) is 11.1. The summed E-state index contributed by atoms with van der Waals surface area (Å²) in [4.78, 5) is 0. The molecule has 0 radical (unpaired) electrons. The number of likely N-dealkylation sites (N-methyl/N-ethyl adjacent to an activating group) is 1. The highest BCUT2D eigenvalue weighted by molar-refractivity contribution is 5.85. The molecule has 4 N–H and O–H groups in total. The van der Waals surface area contributed by atoms with Crippen LogP contribution in [0.15, 0.2) is 0 Å². The molecule has 0 aliphatic carbocycles. The lowest BCUT2D eigenvalue weighted by Crippen LogP contribution is -2.34. The van der Waals surface area contributed by atoms with Crippen molar-refractivity contribution in [3.8, 4) is 0 Å². The second kappa shape index (κ2) is 7.17. The fraction of sp³-hybridized carbons (Fsp3) is 1.00. The maximum absolute atomic E-state index is 8.30. The van der Waals surface area contributed by atoms with Crippen molar-refractivity contribution in [2.75, 3.05) is 20.2 Å². The topological polar surface area (TPSA) is 58.3 Å². The van der Waals surface area contributed by atoms with E-state index >= 15 is 0 Å². The lowest BCUT2D eigenvalue weighted by Gasteiger charge is -2.03. The third-order valence-corrected chi connectivity index (χ3v) is 0.701. The number of hydrogen-bond acceptors (Lipinski definition) is 3. The van der Waals surface area contributed by atoms with Crippen LogP contribution in [0.3, 0.4) is 0 Å². The molecule has 0 saturated carbocycles. The van der Waals surface area contributed by atoms with Crippen LogP contribution in [0.4, 0.5) is 0 Å². The van der Waals surface area contributed by atoms with Crippen LogP contribution in [0, 0.1) is 0 Å². The molecule has 0 fully saturated rings. The summed E-state index contributed by atoms with van der Waals surface area (Å²) in [5.41, 5.74) is 5.27. The van der Waals surface area contributed by atoms with Gasteiger partial charge < -0.3 is 16.2 Å². The molecule has 0 aromatic carbocycles. The van der Waals surface area contributed by atoms with Gasteiger partial charge in [-0.2, -0.15) is 0 Å². The quantitative estimate of drug-likeness (QED) is 0.469. The third kappa shape index (κ3) is 6.17. The number of halogens is 1. The summed E-state index contributed by atoms with van der Waals surface area (Å²) in [6, 6.07) is -0.106. The minimum absolute atomic E-state index is 0. The van der Waals surface area contributed by atoms with E-state index in [1.54, 1.807) is 7.05 Å². The number of nitrogens with one attached hydrogen (secondary N) is 1. The summed E-state index contributed by atoms with van der Waals surface area (Å²) in [7, 11) is 1.80. The first kappa shape index (κ1) is 11.0. The lowest BCUT2D eigenvalue weighted by molar-refractivity contribution is 0.264. The van der Waals surface area contributed by atoms with Crippen LogP contribution in [-0.4, -0.2) is 31.3 Å². The van der Waals surface area contributed by atoms with Crippen LogP contribution >= 0.6 is 12.4 Å². The van der Waals surface area contributed by atoms with Crippen LogP contribution in [-0.2, 0) is 0 Å². The molecule has 4 heteroatoms. The van der Waals surface area contributed by atoms with E-state index in [2.05, 4.69) is 5.32 Å². The number of aliphatic hydroxyl groups excluding tert-OH is 1. The fourth-order valence-corrected chi connectivity index (χ4v) is 0.327. The van der Waals surface area contributed by atoms with Gasteiger partial charge in [-0.1, -0.05) is 0 Å². The van der Waals surface area contributed by atoms with Crippen molar-refractivity contribution in [2.45, 2.75) is 6.04 Å². The van der Waals surface area contributed by atoms with Gasteiger partial charge in [0.25, 0.3) is 0 Å². The summed E-state index contributed by atoms with van der Waals surface area (Å²) in [6.45, 7) is 0.733. The van der Waals surface area contributed by atoms with Gasteiger partial charge in [0.1, 0.15) is 0 Å². The zero-order chi connectivity index (χ0) is 5.70. The van der Waals surface area contributed by atoms with Crippen molar-refractivity contribution in [3.05, 3.63) is 0 Å². The second-order valence-electron chi connectivity index (χ2n) is 1.50. The molecule has 8 heavy (non-hydrogen) atoms. The van der Waals surface area contributed by atoms with Gasteiger partial charge in [0.05, 0.1) is 6.61 Å². The zero-order valence-corrected chi connectivity index (χ0v) is 5.74. The molecule has 0 bridgehead atoms. The Bertz CT molecular complexity index is 45.0. The summed E-state index contributed by atoms with van der Waals surface area (Å²) < 4.78 is 0. The maximum Gasteiger partial charge on any atom is 0.0594 e. The summed E-state index contributed by atoms with van der Waals surface area (Å²) in [6.07, 6.45) is 0. The zero-order valence-electron chi connectivity index (χ0n) is 4.92. The number of aliphatic hydroxyl groups is 1. The predicted octanol–water partition coefficient (Wildman–Crippen LogP) is -1.05. The van der Waals surface area contributed by atoms with E-state index in [1.165, 1.54) is 0 Å². The van der Waals surface area contributed by atoms with E-state index in [-0.39, 0.29) is 25.1 Å². The Morgan fingerprint density at radius 1 is 1.75 bits per heavy atom. The molecule has 1 atom stereocenters. The van der Waals surface area contributed by atoms with Crippen molar-refractivity contribution < 1.29 is 5.11 Å². The van der Waals surface area contributed by atoms with Crippen LogP contribution in [0.5, 0.6) is 0 Å². The van der Waals surface area contributed by atoms with E-state index < -0.39 is 0 Å². The van der Waals surface area contributed by atoms with Gasteiger partial charge in [-0.15, -0.1) is 12.4 Å². The number of hydrogen-bond donors (Lipinski definition) is 3. The average molecular weight is 141 g/mol. The van der Waals surface area contributed by atoms with E-state index in [0.717, 1.165) is 0 Å². The third-order valence-electron chi connectivity index (χ3n) is 0.701. The van der Waals surface area contributed by atoms with Gasteiger partial charge in [0.15, 0.2) is 0 Å². The molecular weight excluding hydrogens is 128 g/mol. The lowest BCUT2D eigenvalue weighted by atomic mass is 10.3. The molecule has 0 saturated heterocycles. The van der Waals surface area contributed by atoms with E-state index in [9.17, 15) is 0 Å². The van der Waals surface area contributed by atoms with Gasteiger partial charge in [0.2, 0.25) is 0 Å². The molecule has 0 heterocycles. The number of rotatable bonds is 3. The van der Waals surface area contributed by atoms with Crippen molar-refractivity contribution >= 4 is 12.4 Å². The molecule has 0 aliphatic rings. The average Bonchev–Trinajstić information content (AvgIpc) is 1.68. The second-order valence-corrected chi connectivity index (χ2v) is 1.50. The van der Waals surface area contributed by atoms with Gasteiger partial charge in [0, 0.05) is 12.6 Å². The van der Waals surface area contributed by atoms with E-state index in [0.29, 0.717) is 6.54 Å². The van der Waals surface area contributed by atoms with Crippen molar-refractivity contribution in [2.24, 2.45) is 5.73 Å². The Balaban J connectivity index is 0. The first-order chi connectivity index (χ1) is 3.31. The van der Waals surface area contributed by atoms with Crippen LogP contribution < -0.4 is 11.1 Å². The first-order valence-electron chi connectivity index (χ1n) is 2.32. The SMILES string of the molecule is CNCC(N)CO.Cl. The molecule has 52 valence electrons. The predicted molar refractivity (Wildman–Crippen MR) is 36.2 cm³/mol. The molecule has 0 amide bonds. The highest BCUT2D eigenvalue weighted by atomic mass is 35.5. The molecule has 0 spiro atoms. The normalized spacial score (nSPS) is 12.4. The van der Waals surface area contributed by atoms with Gasteiger partial charge in [-0.05, 0) is 7.05 Å². The number of nitrogens with two attached hydrogens (primary N) is 1. The monoisotopic (exact) mass is 140 g/mol. The molecule has 3 nitrogen and oxygen atoms in total. The van der Waals surface area contributed by atoms with Gasteiger partial charge in [-0.3, -0.25) is 0 Å². The fourth-order valence-electron chi connectivity index (χ4n) is 0.327. The van der Waals surface area contributed by atoms with Gasteiger partial charge >= 0.3 is 0 Å². The summed E-state index contributed by atoms with van der Waals surface area (Å²) >= 11 is 0. The van der Waals surface area contributed by atoms with Gasteiger partial charge in [-0.25, -0.2) is 0 Å². The van der Waals surface area contributed by atoms with Crippen molar-refractivity contribution in [1.82, 2.24) is 5.32 Å². The van der Waals surface area contributed by atoms with Crippen molar-refractivity contribution in [3.63, 3.8) is 0 Å². The minimum Gasteiger partial charge on any atom is -0.395 e. The Morgan fingerprint density at radius 2 is 2.25 bits per heavy atom. The van der Waals surface area contributed by atoms with Crippen LogP contribution in [0.2, 0.25) is 0 Å². The Labute approximate surface area is 55.7 Å². The Morgan fingerprint density at radius 3 is 2.38 bits per heavy atom. The Hall–Kier alpha value is 0.170. The van der Waals surface area contributed by atoms with E-state index in [4.69, 9.17) is 10.8 Å². The highest BCUT2D eigenvalue weighted by Crippen LogP contribution is 1.67. The van der Waals surface area contributed by atoms with Crippen molar-refractivity contribution in [1.29, 1.82) is 0 Å². The standard InChI is InChI=1S/C4H12N2O.ClH/c1-6-2-4(5)3-7;/h4,6-7H,2-3,5H2,1H3;1H. The Kier molecular flexibility index (Phi) is 9.89. The molecule has 1 unspecified atom stereocenters. The minimum atomic E-state index is -0.106. The molecule has 0 rings (SSSR count). The first-order valence-corrected chi connectivity index (χ1v) is 2.32. The van der Waals surface area contributed by atoms with Crippen LogP contribution in [0.25, 0.3) is 0 Å². The summed E-state index contributed by atoms with van der Waals surface area (Å²) in [5.74, 6) is 0. The maximum atomic E-state index is 8.30. The molecule has 0 aliphatic heterocycles. The molecular formula is C4H13ClN2O. The largest absolute Gasteiger partial charge is 0.395 e. The highest BCUT2D eigenvalue weighted by Gasteiger charge is 1.93. The van der Waals surface area contributed by atoms with E-state index in [1.807, 2.05) is 0 Å². The van der Waals surface area contributed by atoms with Crippen LogP contribution in [0.1, 0.15) is 0 Å². The molecule has 0 aromatic rings. The smallest absolute Gasteiger partial charge is 0.0594 e. The molecule has 0 aromatic heterocycles.